The maximum absolute atomic E-state index is 12.0. The number of aryl methyl sites for hydroxylation is 1. The first-order chi connectivity index (χ1) is 11.5. The Labute approximate surface area is 143 Å². The van der Waals surface area contributed by atoms with E-state index in [9.17, 15) is 4.79 Å². The van der Waals surface area contributed by atoms with Gasteiger partial charge in [0, 0.05) is 31.7 Å². The van der Waals surface area contributed by atoms with Crippen molar-refractivity contribution in [2.24, 2.45) is 5.92 Å². The second-order valence-corrected chi connectivity index (χ2v) is 6.99. The largest absolute Gasteiger partial charge is 0.449 e. The Bertz CT molecular complexity index is 597. The summed E-state index contributed by atoms with van der Waals surface area (Å²) in [5.41, 5.74) is 8.36. The number of carbonyl (C=O) groups excluding carboxylic acids is 1. The van der Waals surface area contributed by atoms with Crippen LogP contribution in [0.2, 0.25) is 0 Å². The molecule has 2 aliphatic rings. The van der Waals surface area contributed by atoms with Crippen LogP contribution in [0.25, 0.3) is 0 Å². The predicted octanol–water partition coefficient (Wildman–Crippen LogP) is 1.85. The molecule has 0 atom stereocenters. The molecule has 3 rings (SSSR count). The number of nitrogens with zero attached hydrogens (tertiary/aromatic N) is 4. The SMILES string of the molecule is CC(C)COC(=O)N1CCN(c2nc(N)c3c(n2)CCCC3)CC1. The van der Waals surface area contributed by atoms with Crippen molar-refractivity contribution in [3.63, 3.8) is 0 Å². The summed E-state index contributed by atoms with van der Waals surface area (Å²) in [5, 5.41) is 0. The molecule has 1 aliphatic carbocycles. The number of hydrogen-bond acceptors (Lipinski definition) is 6. The Morgan fingerprint density at radius 3 is 2.58 bits per heavy atom. The van der Waals surface area contributed by atoms with Crippen LogP contribution in [0.4, 0.5) is 16.6 Å². The molecule has 7 nitrogen and oxygen atoms in total. The van der Waals surface area contributed by atoms with Gasteiger partial charge in [-0.1, -0.05) is 13.8 Å². The quantitative estimate of drug-likeness (QED) is 0.909. The highest BCUT2D eigenvalue weighted by molar-refractivity contribution is 5.68. The highest BCUT2D eigenvalue weighted by Gasteiger charge is 2.25. The lowest BCUT2D eigenvalue weighted by Crippen LogP contribution is -2.49. The Balaban J connectivity index is 1.61. The smallest absolute Gasteiger partial charge is 0.409 e. The molecule has 0 aromatic carbocycles. The van der Waals surface area contributed by atoms with Crippen molar-refractivity contribution < 1.29 is 9.53 Å². The van der Waals surface area contributed by atoms with Gasteiger partial charge < -0.3 is 20.3 Å². The fraction of sp³-hybridized carbons (Fsp3) is 0.706. The van der Waals surface area contributed by atoms with E-state index in [-0.39, 0.29) is 6.09 Å². The number of rotatable bonds is 3. The van der Waals surface area contributed by atoms with Crippen LogP contribution < -0.4 is 10.6 Å². The van der Waals surface area contributed by atoms with E-state index in [1.807, 2.05) is 13.8 Å². The van der Waals surface area contributed by atoms with Gasteiger partial charge in [-0.2, -0.15) is 4.98 Å². The van der Waals surface area contributed by atoms with Crippen molar-refractivity contribution in [3.8, 4) is 0 Å². The van der Waals surface area contributed by atoms with E-state index in [2.05, 4.69) is 9.88 Å². The van der Waals surface area contributed by atoms with Crippen molar-refractivity contribution in [3.05, 3.63) is 11.3 Å². The fourth-order valence-corrected chi connectivity index (χ4v) is 3.17. The number of fused-ring (bicyclic) bond motifs is 1. The van der Waals surface area contributed by atoms with Crippen LogP contribution in [0.5, 0.6) is 0 Å². The Morgan fingerprint density at radius 1 is 1.17 bits per heavy atom. The summed E-state index contributed by atoms with van der Waals surface area (Å²) in [6, 6.07) is 0. The molecule has 1 aromatic rings. The molecular weight excluding hydrogens is 306 g/mol. The molecule has 0 spiro atoms. The van der Waals surface area contributed by atoms with Gasteiger partial charge >= 0.3 is 6.09 Å². The third-order valence-corrected chi connectivity index (χ3v) is 4.56. The van der Waals surface area contributed by atoms with Crippen LogP contribution in [0.3, 0.4) is 0 Å². The zero-order valence-corrected chi connectivity index (χ0v) is 14.6. The minimum atomic E-state index is -0.228. The molecule has 2 heterocycles. The molecule has 1 fully saturated rings. The third kappa shape index (κ3) is 3.71. The van der Waals surface area contributed by atoms with Crippen LogP contribution in [0.15, 0.2) is 0 Å². The summed E-state index contributed by atoms with van der Waals surface area (Å²) < 4.78 is 5.29. The van der Waals surface area contributed by atoms with Gasteiger partial charge in [-0.3, -0.25) is 0 Å². The van der Waals surface area contributed by atoms with Crippen molar-refractivity contribution in [1.29, 1.82) is 0 Å². The lowest BCUT2D eigenvalue weighted by atomic mass is 9.96. The first-order valence-corrected chi connectivity index (χ1v) is 8.86. The number of ether oxygens (including phenoxy) is 1. The van der Waals surface area contributed by atoms with Gasteiger partial charge in [0.1, 0.15) is 5.82 Å². The Kier molecular flexibility index (Phi) is 5.06. The number of amides is 1. The number of carbonyl (C=O) groups is 1. The lowest BCUT2D eigenvalue weighted by Gasteiger charge is -2.34. The maximum atomic E-state index is 12.0. The van der Waals surface area contributed by atoms with Crippen molar-refractivity contribution in [2.45, 2.75) is 39.5 Å². The molecule has 132 valence electrons. The van der Waals surface area contributed by atoms with E-state index in [4.69, 9.17) is 15.5 Å². The number of nitrogen functional groups attached to an aromatic ring is 1. The standard InChI is InChI=1S/C17H27N5O2/c1-12(2)11-24-17(23)22-9-7-21(8-10-22)16-19-14-6-4-3-5-13(14)15(18)20-16/h12H,3-11H2,1-2H3,(H2,18,19,20). The molecule has 2 N–H and O–H groups in total. The first-order valence-electron chi connectivity index (χ1n) is 8.86. The normalized spacial score (nSPS) is 17.8. The number of hydrogen-bond donors (Lipinski definition) is 1. The Morgan fingerprint density at radius 2 is 1.88 bits per heavy atom. The van der Waals surface area contributed by atoms with Crippen LogP contribution in [0.1, 0.15) is 37.9 Å². The summed E-state index contributed by atoms with van der Waals surface area (Å²) in [5.74, 6) is 1.67. The van der Waals surface area contributed by atoms with Crippen molar-refractivity contribution in [1.82, 2.24) is 14.9 Å². The van der Waals surface area contributed by atoms with Crippen molar-refractivity contribution >= 4 is 17.9 Å². The third-order valence-electron chi connectivity index (χ3n) is 4.56. The first kappa shape index (κ1) is 16.8. The molecule has 0 saturated carbocycles. The van der Waals surface area contributed by atoms with E-state index in [1.165, 1.54) is 6.42 Å². The molecule has 0 radical (unpaired) electrons. The summed E-state index contributed by atoms with van der Waals surface area (Å²) in [7, 11) is 0. The minimum absolute atomic E-state index is 0.228. The number of aromatic nitrogens is 2. The van der Waals surface area contributed by atoms with Crippen LogP contribution in [0, 0.1) is 5.92 Å². The average molecular weight is 333 g/mol. The van der Waals surface area contributed by atoms with Crippen LogP contribution in [-0.2, 0) is 17.6 Å². The Hall–Kier alpha value is -2.05. The van der Waals surface area contributed by atoms with E-state index >= 15 is 0 Å². The van der Waals surface area contributed by atoms with Gasteiger partial charge in [-0.25, -0.2) is 9.78 Å². The van der Waals surface area contributed by atoms with E-state index in [0.29, 0.717) is 50.5 Å². The molecule has 1 aromatic heterocycles. The monoisotopic (exact) mass is 333 g/mol. The molecule has 1 saturated heterocycles. The topological polar surface area (TPSA) is 84.6 Å². The highest BCUT2D eigenvalue weighted by Crippen LogP contribution is 2.26. The van der Waals surface area contributed by atoms with Crippen LogP contribution >= 0.6 is 0 Å². The number of piperazine rings is 1. The van der Waals surface area contributed by atoms with Gasteiger partial charge in [-0.05, 0) is 31.6 Å². The average Bonchev–Trinajstić information content (AvgIpc) is 2.60. The van der Waals surface area contributed by atoms with Gasteiger partial charge in [0.25, 0.3) is 0 Å². The molecule has 1 aliphatic heterocycles. The predicted molar refractivity (Wildman–Crippen MR) is 93.1 cm³/mol. The fourth-order valence-electron chi connectivity index (χ4n) is 3.17. The zero-order valence-electron chi connectivity index (χ0n) is 14.6. The maximum Gasteiger partial charge on any atom is 0.409 e. The summed E-state index contributed by atoms with van der Waals surface area (Å²) in [4.78, 5) is 25.1. The summed E-state index contributed by atoms with van der Waals surface area (Å²) in [6.07, 6.45) is 4.07. The van der Waals surface area contributed by atoms with Crippen LogP contribution in [-0.4, -0.2) is 53.7 Å². The molecule has 0 bridgehead atoms. The lowest BCUT2D eigenvalue weighted by molar-refractivity contribution is 0.0900. The molecular formula is C17H27N5O2. The van der Waals surface area contributed by atoms with E-state index < -0.39 is 0 Å². The van der Waals surface area contributed by atoms with Gasteiger partial charge in [0.2, 0.25) is 5.95 Å². The number of anilines is 2. The summed E-state index contributed by atoms with van der Waals surface area (Å²) in [6.45, 7) is 7.17. The number of nitrogens with two attached hydrogens (primary N) is 1. The minimum Gasteiger partial charge on any atom is -0.449 e. The zero-order chi connectivity index (χ0) is 17.1. The van der Waals surface area contributed by atoms with Crippen molar-refractivity contribution in [2.75, 3.05) is 43.4 Å². The summed E-state index contributed by atoms with van der Waals surface area (Å²) >= 11 is 0. The molecule has 1 amide bonds. The van der Waals surface area contributed by atoms with Gasteiger partial charge in [0.15, 0.2) is 0 Å². The van der Waals surface area contributed by atoms with E-state index in [1.54, 1.807) is 4.90 Å². The molecule has 7 heteroatoms. The second kappa shape index (κ2) is 7.23. The molecule has 24 heavy (non-hydrogen) atoms. The molecule has 0 unspecified atom stereocenters. The second-order valence-electron chi connectivity index (χ2n) is 6.99. The van der Waals surface area contributed by atoms with E-state index in [0.717, 1.165) is 30.5 Å². The van der Waals surface area contributed by atoms with Gasteiger partial charge in [0.05, 0.1) is 12.3 Å². The highest BCUT2D eigenvalue weighted by atomic mass is 16.6. The van der Waals surface area contributed by atoms with Gasteiger partial charge in [-0.15, -0.1) is 0 Å².